The first-order valence-corrected chi connectivity index (χ1v) is 8.35. The van der Waals surface area contributed by atoms with Gasteiger partial charge in [0.15, 0.2) is 0 Å². The number of nitrogens with zero attached hydrogens (tertiary/aromatic N) is 2. The van der Waals surface area contributed by atoms with Crippen LogP contribution in [0.4, 0.5) is 0 Å². The van der Waals surface area contributed by atoms with Crippen molar-refractivity contribution in [3.63, 3.8) is 0 Å². The molecule has 2 aromatic rings. The van der Waals surface area contributed by atoms with E-state index < -0.39 is 0 Å². The molecule has 22 heavy (non-hydrogen) atoms. The zero-order chi connectivity index (χ0) is 16.1. The zero-order valence-electron chi connectivity index (χ0n) is 14.2. The number of hydrogen-bond acceptors (Lipinski definition) is 1. The van der Waals surface area contributed by atoms with E-state index in [4.69, 9.17) is 0 Å². The molecular formula is C20H28N2. The maximum atomic E-state index is 4.60. The van der Waals surface area contributed by atoms with Crippen molar-refractivity contribution in [2.45, 2.75) is 52.4 Å². The summed E-state index contributed by atoms with van der Waals surface area (Å²) in [5.41, 5.74) is 5.04. The fourth-order valence-corrected chi connectivity index (χ4v) is 3.62. The number of allylic oxidation sites excluding steroid dienone is 1. The summed E-state index contributed by atoms with van der Waals surface area (Å²) in [5.74, 6) is 1.15. The van der Waals surface area contributed by atoms with Crippen molar-refractivity contribution in [3.05, 3.63) is 54.4 Å². The van der Waals surface area contributed by atoms with Crippen LogP contribution in [0.3, 0.4) is 0 Å². The van der Waals surface area contributed by atoms with E-state index >= 15 is 0 Å². The Morgan fingerprint density at radius 2 is 2.09 bits per heavy atom. The van der Waals surface area contributed by atoms with Crippen LogP contribution in [0.2, 0.25) is 0 Å². The summed E-state index contributed by atoms with van der Waals surface area (Å²) >= 11 is 0. The molecule has 0 aliphatic heterocycles. The first-order valence-electron chi connectivity index (χ1n) is 8.35. The molecule has 2 heteroatoms. The molecule has 2 heterocycles. The average molecular weight is 296 g/mol. The zero-order valence-corrected chi connectivity index (χ0v) is 14.2. The van der Waals surface area contributed by atoms with Crippen LogP contribution >= 0.6 is 0 Å². The lowest BCUT2D eigenvalue weighted by Gasteiger charge is -2.24. The minimum Gasteiger partial charge on any atom is -0.237 e. The predicted molar refractivity (Wildman–Crippen MR) is 96.3 cm³/mol. The monoisotopic (exact) mass is 296 g/mol. The highest BCUT2D eigenvalue weighted by atomic mass is 15.2. The first kappa shape index (κ1) is 16.5. The Kier molecular flexibility index (Phi) is 5.59. The lowest BCUT2D eigenvalue weighted by Crippen LogP contribution is -2.14. The van der Waals surface area contributed by atoms with Gasteiger partial charge in [0.2, 0.25) is 0 Å². The molecule has 0 aromatic carbocycles. The van der Waals surface area contributed by atoms with Crippen molar-refractivity contribution in [2.75, 3.05) is 0 Å². The highest BCUT2D eigenvalue weighted by molar-refractivity contribution is 5.73. The van der Waals surface area contributed by atoms with Gasteiger partial charge in [-0.3, -0.25) is 0 Å². The summed E-state index contributed by atoms with van der Waals surface area (Å²) in [4.78, 5) is 0. The van der Waals surface area contributed by atoms with E-state index in [-0.39, 0.29) is 0 Å². The molecule has 2 unspecified atom stereocenters. The van der Waals surface area contributed by atoms with Crippen LogP contribution in [0.15, 0.2) is 37.6 Å². The van der Waals surface area contributed by atoms with E-state index in [1.54, 1.807) is 0 Å². The summed E-state index contributed by atoms with van der Waals surface area (Å²) < 4.78 is 2.12. The lowest BCUT2D eigenvalue weighted by atomic mass is 9.83. The Balaban J connectivity index is 2.49. The molecule has 0 radical (unpaired) electrons. The summed E-state index contributed by atoms with van der Waals surface area (Å²) in [7, 11) is 0. The number of rotatable bonds is 8. The second-order valence-electron chi connectivity index (χ2n) is 6.15. The van der Waals surface area contributed by atoms with E-state index in [1.807, 2.05) is 24.4 Å². The molecule has 0 saturated heterocycles. The molecule has 0 spiro atoms. The molecule has 0 amide bonds. The van der Waals surface area contributed by atoms with Gasteiger partial charge in [-0.15, -0.1) is 6.58 Å². The maximum Gasteiger partial charge on any atom is 0.0725 e. The standard InChI is InChI=1S/C20H28N2/c1-6-9-12-17(11-7-2)15(4)20-16(5)18(8-3)19-13-10-14-21-22(19)20/h6,8,10,13-15,17H,1,3,7,9,11-12H2,2,4-5H3. The Bertz CT molecular complexity index is 651. The molecule has 0 N–H and O–H groups in total. The van der Waals surface area contributed by atoms with Crippen LogP contribution in [0, 0.1) is 12.8 Å². The van der Waals surface area contributed by atoms with Crippen molar-refractivity contribution in [2.24, 2.45) is 5.92 Å². The smallest absolute Gasteiger partial charge is 0.0725 e. The second-order valence-corrected chi connectivity index (χ2v) is 6.15. The van der Waals surface area contributed by atoms with Gasteiger partial charge in [0, 0.05) is 23.4 Å². The van der Waals surface area contributed by atoms with Gasteiger partial charge in [-0.05, 0) is 43.4 Å². The number of hydrogen-bond donors (Lipinski definition) is 0. The quantitative estimate of drug-likeness (QED) is 0.565. The van der Waals surface area contributed by atoms with Crippen LogP contribution in [0.5, 0.6) is 0 Å². The topological polar surface area (TPSA) is 17.3 Å². The number of fused-ring (bicyclic) bond motifs is 1. The van der Waals surface area contributed by atoms with Gasteiger partial charge < -0.3 is 0 Å². The minimum atomic E-state index is 0.482. The van der Waals surface area contributed by atoms with Gasteiger partial charge in [0.25, 0.3) is 0 Å². The van der Waals surface area contributed by atoms with Gasteiger partial charge in [-0.2, -0.15) is 5.10 Å². The third-order valence-corrected chi connectivity index (χ3v) is 4.79. The average Bonchev–Trinajstić information content (AvgIpc) is 2.82. The van der Waals surface area contributed by atoms with Gasteiger partial charge in [0.05, 0.1) is 5.52 Å². The summed E-state index contributed by atoms with van der Waals surface area (Å²) in [6.07, 6.45) is 10.6. The van der Waals surface area contributed by atoms with Crippen molar-refractivity contribution >= 4 is 11.6 Å². The molecule has 0 aliphatic rings. The van der Waals surface area contributed by atoms with Crippen LogP contribution in [0.25, 0.3) is 11.6 Å². The van der Waals surface area contributed by atoms with Crippen molar-refractivity contribution in [3.8, 4) is 0 Å². The fourth-order valence-electron chi connectivity index (χ4n) is 3.62. The van der Waals surface area contributed by atoms with Crippen molar-refractivity contribution in [1.29, 1.82) is 0 Å². The van der Waals surface area contributed by atoms with Crippen molar-refractivity contribution in [1.82, 2.24) is 9.61 Å². The molecule has 0 aliphatic carbocycles. The molecule has 2 nitrogen and oxygen atoms in total. The molecule has 118 valence electrons. The van der Waals surface area contributed by atoms with E-state index in [1.165, 1.54) is 36.1 Å². The maximum absolute atomic E-state index is 4.60. The Morgan fingerprint density at radius 3 is 2.73 bits per heavy atom. The second kappa shape index (κ2) is 7.44. The Labute approximate surface area is 134 Å². The van der Waals surface area contributed by atoms with E-state index in [9.17, 15) is 0 Å². The highest BCUT2D eigenvalue weighted by Crippen LogP contribution is 2.36. The lowest BCUT2D eigenvalue weighted by molar-refractivity contribution is 0.376. The predicted octanol–water partition coefficient (Wildman–Crippen LogP) is 5.77. The fraction of sp³-hybridized carbons (Fsp3) is 0.450. The molecule has 2 atom stereocenters. The molecule has 2 aromatic heterocycles. The van der Waals surface area contributed by atoms with Crippen LogP contribution in [-0.4, -0.2) is 9.61 Å². The highest BCUT2D eigenvalue weighted by Gasteiger charge is 2.24. The normalized spacial score (nSPS) is 14.0. The Hall–Kier alpha value is -1.83. The molecule has 2 rings (SSSR count). The van der Waals surface area contributed by atoms with E-state index in [2.05, 4.69) is 49.6 Å². The van der Waals surface area contributed by atoms with E-state index in [0.29, 0.717) is 11.8 Å². The largest absolute Gasteiger partial charge is 0.237 e. The van der Waals surface area contributed by atoms with Crippen LogP contribution in [-0.2, 0) is 0 Å². The third-order valence-electron chi connectivity index (χ3n) is 4.79. The van der Waals surface area contributed by atoms with Gasteiger partial charge in [-0.1, -0.05) is 45.4 Å². The minimum absolute atomic E-state index is 0.482. The Morgan fingerprint density at radius 1 is 1.32 bits per heavy atom. The number of aromatic nitrogens is 2. The van der Waals surface area contributed by atoms with Gasteiger partial charge >= 0.3 is 0 Å². The van der Waals surface area contributed by atoms with Crippen molar-refractivity contribution < 1.29 is 0 Å². The molecular weight excluding hydrogens is 268 g/mol. The van der Waals surface area contributed by atoms with Gasteiger partial charge in [-0.25, -0.2) is 4.52 Å². The van der Waals surface area contributed by atoms with E-state index in [0.717, 1.165) is 11.9 Å². The third kappa shape index (κ3) is 3.01. The summed E-state index contributed by atoms with van der Waals surface area (Å²) in [6, 6.07) is 4.13. The van der Waals surface area contributed by atoms with Gasteiger partial charge in [0.1, 0.15) is 0 Å². The first-order chi connectivity index (χ1) is 10.7. The van der Waals surface area contributed by atoms with Crippen LogP contribution < -0.4 is 0 Å². The summed E-state index contributed by atoms with van der Waals surface area (Å²) in [6.45, 7) is 14.7. The summed E-state index contributed by atoms with van der Waals surface area (Å²) in [5, 5.41) is 4.60. The molecule has 0 bridgehead atoms. The SMILES string of the molecule is C=CCCC(CCC)C(C)c1c(C)c(C=C)c2cccnn12. The molecule has 0 fully saturated rings. The molecule has 0 saturated carbocycles. The van der Waals surface area contributed by atoms with Crippen LogP contribution in [0.1, 0.15) is 62.3 Å².